The van der Waals surface area contributed by atoms with Gasteiger partial charge in [-0.05, 0) is 35.2 Å². The van der Waals surface area contributed by atoms with Crippen molar-refractivity contribution in [2.24, 2.45) is 0 Å². The molecule has 0 fully saturated rings. The van der Waals surface area contributed by atoms with Crippen LogP contribution in [0.15, 0.2) is 41.1 Å². The third-order valence-corrected chi connectivity index (χ3v) is 5.44. The first kappa shape index (κ1) is 17.6. The van der Waals surface area contributed by atoms with Crippen LogP contribution in [-0.2, 0) is 4.79 Å². The second-order valence-corrected chi connectivity index (χ2v) is 7.39. The van der Waals surface area contributed by atoms with Crippen molar-refractivity contribution in [1.82, 2.24) is 4.98 Å². The first-order chi connectivity index (χ1) is 13.2. The minimum Gasteiger partial charge on any atom is -0.493 e. The number of thiazole rings is 1. The molecule has 1 aliphatic rings. The van der Waals surface area contributed by atoms with Crippen LogP contribution in [0.3, 0.4) is 0 Å². The number of aromatic nitrogens is 1. The third-order valence-electron chi connectivity index (χ3n) is 3.79. The van der Waals surface area contributed by atoms with E-state index in [1.54, 1.807) is 30.6 Å². The number of thiophene rings is 1. The molecule has 6 nitrogen and oxygen atoms in total. The van der Waals surface area contributed by atoms with Gasteiger partial charge >= 0.3 is 0 Å². The molecule has 0 unspecified atom stereocenters. The summed E-state index contributed by atoms with van der Waals surface area (Å²) in [5, 5.41) is 7.27. The number of amides is 1. The van der Waals surface area contributed by atoms with Crippen molar-refractivity contribution in [3.05, 3.63) is 46.7 Å². The highest BCUT2D eigenvalue weighted by Gasteiger charge is 2.17. The number of fused-ring (bicyclic) bond motifs is 1. The Balaban J connectivity index is 1.46. The Morgan fingerprint density at radius 2 is 2.19 bits per heavy atom. The standard InChI is InChI=1S/C19H16N2O4S2/c1-23-14-9-12(10-15-18(14)25-7-6-24-15)4-5-17(22)21-19-20-13(11-27-19)16-3-2-8-26-16/h2-5,8-11H,6-7H2,1H3,(H,20,21,22)/b5-4+. The Kier molecular flexibility index (Phi) is 5.08. The lowest BCUT2D eigenvalue weighted by molar-refractivity contribution is -0.111. The van der Waals surface area contributed by atoms with E-state index >= 15 is 0 Å². The normalized spacial score (nSPS) is 12.9. The van der Waals surface area contributed by atoms with Crippen LogP contribution in [0, 0.1) is 0 Å². The van der Waals surface area contributed by atoms with Gasteiger partial charge in [-0.25, -0.2) is 4.98 Å². The molecule has 1 N–H and O–H groups in total. The summed E-state index contributed by atoms with van der Waals surface area (Å²) >= 11 is 3.01. The predicted octanol–water partition coefficient (Wildman–Crippen LogP) is 4.30. The molecule has 3 heterocycles. The van der Waals surface area contributed by atoms with Gasteiger partial charge in [0, 0.05) is 11.5 Å². The molecule has 0 bridgehead atoms. The van der Waals surface area contributed by atoms with E-state index in [1.165, 1.54) is 17.4 Å². The zero-order valence-corrected chi connectivity index (χ0v) is 16.1. The predicted molar refractivity (Wildman–Crippen MR) is 107 cm³/mol. The maximum atomic E-state index is 12.2. The first-order valence-electron chi connectivity index (χ1n) is 8.19. The van der Waals surface area contributed by atoms with Crippen molar-refractivity contribution >= 4 is 39.8 Å². The van der Waals surface area contributed by atoms with Crippen molar-refractivity contribution in [3.63, 3.8) is 0 Å². The van der Waals surface area contributed by atoms with Crippen LogP contribution < -0.4 is 19.5 Å². The number of anilines is 1. The average Bonchev–Trinajstić information content (AvgIpc) is 3.37. The average molecular weight is 400 g/mol. The number of hydrogen-bond acceptors (Lipinski definition) is 7. The second kappa shape index (κ2) is 7.81. The molecule has 0 spiro atoms. The van der Waals surface area contributed by atoms with Crippen molar-refractivity contribution < 1.29 is 19.0 Å². The molecule has 3 aromatic rings. The maximum Gasteiger partial charge on any atom is 0.250 e. The summed E-state index contributed by atoms with van der Waals surface area (Å²) in [5.41, 5.74) is 1.65. The molecule has 0 saturated carbocycles. The number of hydrogen-bond donors (Lipinski definition) is 1. The monoisotopic (exact) mass is 400 g/mol. The second-order valence-electron chi connectivity index (χ2n) is 5.59. The molecule has 1 aromatic carbocycles. The lowest BCUT2D eigenvalue weighted by atomic mass is 10.1. The van der Waals surface area contributed by atoms with Crippen molar-refractivity contribution in [2.45, 2.75) is 0 Å². The lowest BCUT2D eigenvalue weighted by Crippen LogP contribution is -2.16. The fourth-order valence-electron chi connectivity index (χ4n) is 2.58. The number of carbonyl (C=O) groups is 1. The third kappa shape index (κ3) is 3.96. The Bertz CT molecular complexity index is 963. The molecule has 8 heteroatoms. The highest BCUT2D eigenvalue weighted by atomic mass is 32.1. The molecule has 2 aromatic heterocycles. The summed E-state index contributed by atoms with van der Waals surface area (Å²) < 4.78 is 16.5. The summed E-state index contributed by atoms with van der Waals surface area (Å²) in [4.78, 5) is 17.7. The van der Waals surface area contributed by atoms with Crippen LogP contribution in [0.5, 0.6) is 17.2 Å². The molecule has 0 aliphatic carbocycles. The molecule has 1 aliphatic heterocycles. The van der Waals surface area contributed by atoms with Crippen LogP contribution in [0.4, 0.5) is 5.13 Å². The highest BCUT2D eigenvalue weighted by Crippen LogP contribution is 2.40. The van der Waals surface area contributed by atoms with Crippen LogP contribution in [-0.4, -0.2) is 31.2 Å². The van der Waals surface area contributed by atoms with Crippen LogP contribution in [0.2, 0.25) is 0 Å². The topological polar surface area (TPSA) is 69.7 Å². The maximum absolute atomic E-state index is 12.2. The van der Waals surface area contributed by atoms with Gasteiger partial charge in [0.1, 0.15) is 13.2 Å². The van der Waals surface area contributed by atoms with Crippen molar-refractivity contribution in [2.75, 3.05) is 25.6 Å². The molecule has 4 rings (SSSR count). The highest BCUT2D eigenvalue weighted by molar-refractivity contribution is 7.16. The Morgan fingerprint density at radius 3 is 3.00 bits per heavy atom. The van der Waals surface area contributed by atoms with Gasteiger partial charge < -0.3 is 14.2 Å². The van der Waals surface area contributed by atoms with Crippen molar-refractivity contribution in [3.8, 4) is 27.8 Å². The molecule has 1 amide bonds. The summed E-state index contributed by atoms with van der Waals surface area (Å²) in [6.45, 7) is 0.975. The van der Waals surface area contributed by atoms with Gasteiger partial charge in [0.15, 0.2) is 16.6 Å². The number of nitrogens with one attached hydrogen (secondary N) is 1. The van der Waals surface area contributed by atoms with Crippen LogP contribution >= 0.6 is 22.7 Å². The smallest absolute Gasteiger partial charge is 0.250 e. The minimum absolute atomic E-state index is 0.254. The van der Waals surface area contributed by atoms with Gasteiger partial charge in [0.05, 0.1) is 17.7 Å². The molecular formula is C19H16N2O4S2. The summed E-state index contributed by atoms with van der Waals surface area (Å²) in [7, 11) is 1.57. The van der Waals surface area contributed by atoms with E-state index in [2.05, 4.69) is 10.3 Å². The minimum atomic E-state index is -0.254. The van der Waals surface area contributed by atoms with E-state index in [9.17, 15) is 4.79 Å². The fraction of sp³-hybridized carbons (Fsp3) is 0.158. The van der Waals surface area contributed by atoms with Crippen molar-refractivity contribution in [1.29, 1.82) is 0 Å². The van der Waals surface area contributed by atoms with Gasteiger partial charge in [-0.15, -0.1) is 22.7 Å². The van der Waals surface area contributed by atoms with Crippen LogP contribution in [0.1, 0.15) is 5.56 Å². The Morgan fingerprint density at radius 1 is 1.30 bits per heavy atom. The van der Waals surface area contributed by atoms with E-state index in [-0.39, 0.29) is 5.91 Å². The Labute approximate surface area is 164 Å². The summed E-state index contributed by atoms with van der Waals surface area (Å²) in [5.74, 6) is 1.53. The van der Waals surface area contributed by atoms with Gasteiger partial charge in [0.2, 0.25) is 11.7 Å². The van der Waals surface area contributed by atoms with E-state index in [1.807, 2.05) is 29.0 Å². The zero-order valence-electron chi connectivity index (χ0n) is 14.4. The number of methoxy groups -OCH3 is 1. The van der Waals surface area contributed by atoms with Gasteiger partial charge in [-0.3, -0.25) is 10.1 Å². The number of rotatable bonds is 5. The van der Waals surface area contributed by atoms with Gasteiger partial charge in [-0.1, -0.05) is 6.07 Å². The lowest BCUT2D eigenvalue weighted by Gasteiger charge is -2.20. The van der Waals surface area contributed by atoms with E-state index < -0.39 is 0 Å². The number of benzene rings is 1. The van der Waals surface area contributed by atoms with E-state index in [0.29, 0.717) is 35.6 Å². The largest absolute Gasteiger partial charge is 0.493 e. The SMILES string of the molecule is COc1cc(/C=C/C(=O)Nc2nc(-c3cccs3)cs2)cc2c1OCCO2. The Hall–Kier alpha value is -2.84. The molecular weight excluding hydrogens is 384 g/mol. The molecule has 0 radical (unpaired) electrons. The fourth-order valence-corrected chi connectivity index (χ4v) is 4.05. The zero-order chi connectivity index (χ0) is 18.6. The summed E-state index contributed by atoms with van der Waals surface area (Å²) in [6, 6.07) is 7.59. The van der Waals surface area contributed by atoms with E-state index in [4.69, 9.17) is 14.2 Å². The molecule has 0 saturated heterocycles. The first-order valence-corrected chi connectivity index (χ1v) is 9.95. The molecule has 27 heavy (non-hydrogen) atoms. The van der Waals surface area contributed by atoms with Gasteiger partial charge in [0.25, 0.3) is 0 Å². The number of carbonyl (C=O) groups excluding carboxylic acids is 1. The summed E-state index contributed by atoms with van der Waals surface area (Å²) in [6.07, 6.45) is 3.15. The number of nitrogens with zero attached hydrogens (tertiary/aromatic N) is 1. The quantitative estimate of drug-likeness (QED) is 0.647. The number of ether oxygens (including phenoxy) is 3. The van der Waals surface area contributed by atoms with Gasteiger partial charge in [-0.2, -0.15) is 0 Å². The van der Waals surface area contributed by atoms with E-state index in [0.717, 1.165) is 16.1 Å². The van der Waals surface area contributed by atoms with Crippen LogP contribution in [0.25, 0.3) is 16.6 Å². The molecule has 0 atom stereocenters. The molecule has 138 valence electrons.